The zero-order valence-corrected chi connectivity index (χ0v) is 37.0. The summed E-state index contributed by atoms with van der Waals surface area (Å²) in [5.41, 5.74) is 0. The molecular formula is C47H91NO10. The molecule has 0 aromatic rings. The van der Waals surface area contributed by atoms with Crippen LogP contribution in [0.4, 0.5) is 0 Å². The monoisotopic (exact) mass is 830 g/mol. The standard InChI is InChI=1S/C47H91NO10/c1-3-5-7-9-11-13-15-17-18-19-20-21-22-23-25-27-29-31-33-35-40(51)46(56)48-38(37-57-47-45(55)44(54)43(53)41(36-49)58-47)42(52)39(50)34-32-30-28-26-24-16-14-12-10-8-6-4-2/h20-21,38-45,47,49-55H,3-19,22-37H2,1-2H3,(H,48,56)/b21-20-. The van der Waals surface area contributed by atoms with E-state index in [1.165, 1.54) is 122 Å². The lowest BCUT2D eigenvalue weighted by Gasteiger charge is -2.40. The number of amides is 1. The maximum atomic E-state index is 13.1. The minimum absolute atomic E-state index is 0.255. The van der Waals surface area contributed by atoms with Gasteiger partial charge in [-0.2, -0.15) is 0 Å². The number of carbonyl (C=O) groups excluding carboxylic acids is 1. The fourth-order valence-corrected chi connectivity index (χ4v) is 7.79. The average molecular weight is 830 g/mol. The Morgan fingerprint density at radius 1 is 0.586 bits per heavy atom. The molecular weight excluding hydrogens is 739 g/mol. The third-order valence-corrected chi connectivity index (χ3v) is 11.8. The molecule has 11 nitrogen and oxygen atoms in total. The number of nitrogens with one attached hydrogen (secondary N) is 1. The Balaban J connectivity index is 2.41. The molecule has 0 aliphatic carbocycles. The van der Waals surface area contributed by atoms with Crippen molar-refractivity contribution >= 4 is 5.91 Å². The third-order valence-electron chi connectivity index (χ3n) is 11.8. The summed E-state index contributed by atoms with van der Waals surface area (Å²) in [6, 6.07) is -1.17. The molecule has 0 aromatic carbocycles. The molecule has 0 radical (unpaired) electrons. The molecule has 0 bridgehead atoms. The average Bonchev–Trinajstić information content (AvgIpc) is 3.22. The SMILES string of the molecule is CCCCCCCCCCC/C=C\CCCCCCCCC(O)C(=O)NC(COC1OC(CO)C(O)C(O)C1O)C(O)C(O)CCCCCCCCCCCCCC. The maximum Gasteiger partial charge on any atom is 0.249 e. The second-order valence-corrected chi connectivity index (χ2v) is 17.2. The molecule has 9 unspecified atom stereocenters. The van der Waals surface area contributed by atoms with Crippen molar-refractivity contribution in [1.29, 1.82) is 0 Å². The Bertz CT molecular complexity index is 954. The minimum atomic E-state index is -1.66. The van der Waals surface area contributed by atoms with Crippen LogP contribution < -0.4 is 5.32 Å². The van der Waals surface area contributed by atoms with E-state index < -0.39 is 74.2 Å². The second kappa shape index (κ2) is 37.6. The first kappa shape index (κ1) is 54.9. The predicted molar refractivity (Wildman–Crippen MR) is 233 cm³/mol. The Morgan fingerprint density at radius 2 is 1.00 bits per heavy atom. The Labute approximate surface area is 353 Å². The molecule has 1 aliphatic heterocycles. The summed E-state index contributed by atoms with van der Waals surface area (Å²) in [5.74, 6) is -0.701. The molecule has 1 aliphatic rings. The molecule has 1 amide bonds. The summed E-state index contributed by atoms with van der Waals surface area (Å²) in [5, 5.41) is 75.7. The van der Waals surface area contributed by atoms with Gasteiger partial charge in [-0.15, -0.1) is 0 Å². The van der Waals surface area contributed by atoms with E-state index in [0.29, 0.717) is 19.3 Å². The molecule has 0 aromatic heterocycles. The number of rotatable bonds is 40. The Morgan fingerprint density at radius 3 is 1.45 bits per heavy atom. The van der Waals surface area contributed by atoms with Gasteiger partial charge in [0.1, 0.15) is 36.6 Å². The van der Waals surface area contributed by atoms with E-state index in [0.717, 1.165) is 51.4 Å². The molecule has 0 saturated carbocycles. The summed E-state index contributed by atoms with van der Waals surface area (Å²) in [6.07, 6.45) is 28.3. The highest BCUT2D eigenvalue weighted by Gasteiger charge is 2.44. The first-order valence-corrected chi connectivity index (χ1v) is 24.1. The Hall–Kier alpha value is -1.15. The van der Waals surface area contributed by atoms with Crippen molar-refractivity contribution in [1.82, 2.24) is 5.32 Å². The maximum absolute atomic E-state index is 13.1. The van der Waals surface area contributed by atoms with Crippen molar-refractivity contribution in [3.63, 3.8) is 0 Å². The van der Waals surface area contributed by atoms with Crippen molar-refractivity contribution in [3.05, 3.63) is 12.2 Å². The van der Waals surface area contributed by atoms with Crippen LogP contribution >= 0.6 is 0 Å². The topological polar surface area (TPSA) is 189 Å². The highest BCUT2D eigenvalue weighted by Crippen LogP contribution is 2.23. The normalized spacial score (nSPS) is 22.0. The van der Waals surface area contributed by atoms with Gasteiger partial charge in [-0.3, -0.25) is 4.79 Å². The van der Waals surface area contributed by atoms with Gasteiger partial charge in [0.15, 0.2) is 6.29 Å². The van der Waals surface area contributed by atoms with Crippen LogP contribution in [0.25, 0.3) is 0 Å². The zero-order chi connectivity index (χ0) is 42.6. The first-order chi connectivity index (χ1) is 28.2. The van der Waals surface area contributed by atoms with Gasteiger partial charge in [-0.25, -0.2) is 0 Å². The van der Waals surface area contributed by atoms with Gasteiger partial charge in [-0.05, 0) is 38.5 Å². The summed E-state index contributed by atoms with van der Waals surface area (Å²) in [4.78, 5) is 13.1. The van der Waals surface area contributed by atoms with Gasteiger partial charge in [0.25, 0.3) is 0 Å². The number of hydrogen-bond donors (Lipinski definition) is 8. The number of aliphatic hydroxyl groups excluding tert-OH is 7. The largest absolute Gasteiger partial charge is 0.394 e. The summed E-state index contributed by atoms with van der Waals surface area (Å²) >= 11 is 0. The number of hydrogen-bond acceptors (Lipinski definition) is 10. The number of allylic oxidation sites excluding steroid dienone is 2. The molecule has 0 spiro atoms. The van der Waals surface area contributed by atoms with Crippen molar-refractivity contribution in [3.8, 4) is 0 Å². The van der Waals surface area contributed by atoms with Gasteiger partial charge in [-0.1, -0.05) is 187 Å². The fourth-order valence-electron chi connectivity index (χ4n) is 7.79. The smallest absolute Gasteiger partial charge is 0.249 e. The van der Waals surface area contributed by atoms with Crippen LogP contribution in [0.5, 0.6) is 0 Å². The van der Waals surface area contributed by atoms with Crippen molar-refractivity contribution in [2.45, 2.75) is 268 Å². The molecule has 9 atom stereocenters. The first-order valence-electron chi connectivity index (χ1n) is 24.1. The summed E-state index contributed by atoms with van der Waals surface area (Å²) < 4.78 is 11.1. The van der Waals surface area contributed by atoms with Gasteiger partial charge >= 0.3 is 0 Å². The quantitative estimate of drug-likeness (QED) is 0.0222. The zero-order valence-electron chi connectivity index (χ0n) is 37.0. The highest BCUT2D eigenvalue weighted by molar-refractivity contribution is 5.80. The highest BCUT2D eigenvalue weighted by atomic mass is 16.7. The third kappa shape index (κ3) is 26.9. The molecule has 1 rings (SSSR count). The van der Waals surface area contributed by atoms with E-state index >= 15 is 0 Å². The van der Waals surface area contributed by atoms with E-state index in [4.69, 9.17) is 9.47 Å². The molecule has 58 heavy (non-hydrogen) atoms. The number of ether oxygens (including phenoxy) is 2. The fraction of sp³-hybridized carbons (Fsp3) is 0.936. The number of aliphatic hydroxyl groups is 7. The van der Waals surface area contributed by atoms with E-state index in [2.05, 4.69) is 31.3 Å². The van der Waals surface area contributed by atoms with Crippen LogP contribution in [-0.4, -0.2) is 110 Å². The van der Waals surface area contributed by atoms with Gasteiger partial charge in [0.05, 0.1) is 25.4 Å². The van der Waals surface area contributed by atoms with Gasteiger partial charge in [0, 0.05) is 0 Å². The minimum Gasteiger partial charge on any atom is -0.394 e. The van der Waals surface area contributed by atoms with E-state index in [1.54, 1.807) is 0 Å². The predicted octanol–water partition coefficient (Wildman–Crippen LogP) is 8.06. The van der Waals surface area contributed by atoms with Crippen molar-refractivity contribution in [2.24, 2.45) is 0 Å². The molecule has 1 saturated heterocycles. The summed E-state index contributed by atoms with van der Waals surface area (Å²) in [6.45, 7) is 3.43. The van der Waals surface area contributed by atoms with Crippen LogP contribution in [0.3, 0.4) is 0 Å². The molecule has 344 valence electrons. The second-order valence-electron chi connectivity index (χ2n) is 17.2. The molecule has 1 heterocycles. The number of unbranched alkanes of at least 4 members (excludes halogenated alkanes) is 26. The lowest BCUT2D eigenvalue weighted by atomic mass is 9.98. The van der Waals surface area contributed by atoms with Crippen molar-refractivity contribution in [2.75, 3.05) is 13.2 Å². The van der Waals surface area contributed by atoms with Crippen molar-refractivity contribution < 1.29 is 50.0 Å². The lowest BCUT2D eigenvalue weighted by molar-refractivity contribution is -0.303. The van der Waals surface area contributed by atoms with Crippen LogP contribution in [0, 0.1) is 0 Å². The van der Waals surface area contributed by atoms with Crippen LogP contribution in [0.1, 0.15) is 213 Å². The lowest BCUT2D eigenvalue weighted by Crippen LogP contribution is -2.60. The van der Waals surface area contributed by atoms with E-state index in [9.17, 15) is 40.5 Å². The Kier molecular flexibility index (Phi) is 35.6. The molecule has 11 heteroatoms. The molecule has 1 fully saturated rings. The molecule has 8 N–H and O–H groups in total. The van der Waals surface area contributed by atoms with Gasteiger partial charge in [0.2, 0.25) is 5.91 Å². The van der Waals surface area contributed by atoms with Crippen LogP contribution in [0.2, 0.25) is 0 Å². The van der Waals surface area contributed by atoms with Gasteiger partial charge < -0.3 is 50.5 Å². The van der Waals surface area contributed by atoms with E-state index in [1.807, 2.05) is 0 Å². The van der Waals surface area contributed by atoms with E-state index in [-0.39, 0.29) is 6.42 Å². The van der Waals surface area contributed by atoms with Crippen LogP contribution in [0.15, 0.2) is 12.2 Å². The summed E-state index contributed by atoms with van der Waals surface area (Å²) in [7, 11) is 0. The van der Waals surface area contributed by atoms with Crippen LogP contribution in [-0.2, 0) is 14.3 Å². The number of carbonyl (C=O) groups is 1.